The van der Waals surface area contributed by atoms with Crippen LogP contribution >= 0.6 is 0 Å². The van der Waals surface area contributed by atoms with Gasteiger partial charge < -0.3 is 28.7 Å². The second-order valence-electron chi connectivity index (χ2n) is 11.7. The Bertz CT molecular complexity index is 1990. The molecule has 1 saturated carbocycles. The van der Waals surface area contributed by atoms with Gasteiger partial charge in [0.1, 0.15) is 42.4 Å². The number of hydrogen-bond donors (Lipinski definition) is 1. The molecule has 2 aromatic carbocycles. The molecule has 4 aromatic rings. The SMILES string of the molecule is C[C@@]12Oc3cc(-c4cccnc4)oc(=O)c3C(=O)C1C[C@@H](OC(=O)CNC(=O)OCc1ccccc1)C[C@H]2OC(=O)c1ccc(C#N)cc1. The molecular weight excluding hydrogens is 634 g/mol. The van der Waals surface area contributed by atoms with Gasteiger partial charge in [0.05, 0.1) is 23.1 Å². The molecule has 3 heterocycles. The first-order valence-corrected chi connectivity index (χ1v) is 15.3. The summed E-state index contributed by atoms with van der Waals surface area (Å²) < 4.78 is 28.5. The Hall–Kier alpha value is -6.29. The maximum Gasteiger partial charge on any atom is 0.407 e. The quantitative estimate of drug-likeness (QED) is 0.208. The zero-order chi connectivity index (χ0) is 34.5. The second kappa shape index (κ2) is 13.8. The van der Waals surface area contributed by atoms with E-state index in [1.165, 1.54) is 36.5 Å². The van der Waals surface area contributed by atoms with E-state index in [1.807, 2.05) is 12.1 Å². The molecule has 1 N–H and O–H groups in total. The molecule has 1 fully saturated rings. The minimum absolute atomic E-state index is 0.00179. The number of hydrogen-bond acceptors (Lipinski definition) is 12. The maximum absolute atomic E-state index is 14.0. The maximum atomic E-state index is 14.0. The number of carbonyl (C=O) groups is 4. The number of Topliss-reactive ketones (excluding diaryl/α,β-unsaturated/α-hetero) is 1. The number of amides is 1. The lowest BCUT2D eigenvalue weighted by Gasteiger charge is -2.49. The number of esters is 2. The van der Waals surface area contributed by atoms with Crippen molar-refractivity contribution in [1.29, 1.82) is 5.26 Å². The number of ether oxygens (including phenoxy) is 4. The number of rotatable bonds is 8. The molecule has 49 heavy (non-hydrogen) atoms. The number of pyridine rings is 1. The van der Waals surface area contributed by atoms with Crippen molar-refractivity contribution in [3.05, 3.63) is 118 Å². The van der Waals surface area contributed by atoms with Crippen LogP contribution in [0.5, 0.6) is 5.75 Å². The zero-order valence-electron chi connectivity index (χ0n) is 26.1. The molecule has 4 atom stereocenters. The Labute approximate surface area is 279 Å². The van der Waals surface area contributed by atoms with Crippen molar-refractivity contribution in [3.63, 3.8) is 0 Å². The predicted octanol–water partition coefficient (Wildman–Crippen LogP) is 4.38. The van der Waals surface area contributed by atoms with E-state index in [1.54, 1.807) is 49.5 Å². The molecule has 0 bridgehead atoms. The number of nitrogens with one attached hydrogen (secondary N) is 1. The lowest BCUT2D eigenvalue weighted by molar-refractivity contribution is -0.166. The Morgan fingerprint density at radius 2 is 1.80 bits per heavy atom. The highest BCUT2D eigenvalue weighted by atomic mass is 16.6. The third kappa shape index (κ3) is 7.03. The smallest absolute Gasteiger partial charge is 0.407 e. The predicted molar refractivity (Wildman–Crippen MR) is 169 cm³/mol. The summed E-state index contributed by atoms with van der Waals surface area (Å²) in [5, 5.41) is 11.5. The highest BCUT2D eigenvalue weighted by Crippen LogP contribution is 2.47. The molecule has 0 radical (unpaired) electrons. The molecule has 13 heteroatoms. The summed E-state index contributed by atoms with van der Waals surface area (Å²) in [7, 11) is 0. The van der Waals surface area contributed by atoms with E-state index in [-0.39, 0.29) is 42.1 Å². The van der Waals surface area contributed by atoms with Crippen molar-refractivity contribution in [1.82, 2.24) is 10.3 Å². The van der Waals surface area contributed by atoms with Gasteiger partial charge in [0.2, 0.25) is 0 Å². The minimum Gasteiger partial charge on any atom is -0.482 e. The Kier molecular flexibility index (Phi) is 9.21. The molecule has 0 spiro atoms. The first-order chi connectivity index (χ1) is 23.6. The minimum atomic E-state index is -1.49. The lowest BCUT2D eigenvalue weighted by atomic mass is 9.68. The van der Waals surface area contributed by atoms with Crippen molar-refractivity contribution in [2.24, 2.45) is 5.92 Å². The molecular formula is C36H29N3O10. The van der Waals surface area contributed by atoms with Gasteiger partial charge in [0, 0.05) is 30.4 Å². The second-order valence-corrected chi connectivity index (χ2v) is 11.7. The highest BCUT2D eigenvalue weighted by molar-refractivity contribution is 6.02. The first-order valence-electron chi connectivity index (χ1n) is 15.3. The molecule has 2 aliphatic rings. The number of nitrogens with zero attached hydrogens (tertiary/aromatic N) is 2. The van der Waals surface area contributed by atoms with Crippen LogP contribution in [0.25, 0.3) is 11.3 Å². The summed E-state index contributed by atoms with van der Waals surface area (Å²) in [4.78, 5) is 69.5. The first kappa shape index (κ1) is 32.6. The van der Waals surface area contributed by atoms with Gasteiger partial charge in [0.15, 0.2) is 11.4 Å². The number of carbonyl (C=O) groups excluding carboxylic acids is 4. The van der Waals surface area contributed by atoms with Gasteiger partial charge in [0.25, 0.3) is 0 Å². The fraction of sp³-hybridized carbons (Fsp3) is 0.250. The Balaban J connectivity index is 1.23. The van der Waals surface area contributed by atoms with Gasteiger partial charge in [-0.1, -0.05) is 30.3 Å². The van der Waals surface area contributed by atoms with E-state index >= 15 is 0 Å². The molecule has 2 aromatic heterocycles. The van der Waals surface area contributed by atoms with Gasteiger partial charge in [-0.2, -0.15) is 5.26 Å². The van der Waals surface area contributed by atoms with E-state index in [4.69, 9.17) is 28.6 Å². The molecule has 1 aliphatic carbocycles. The molecule has 0 saturated heterocycles. The molecule has 13 nitrogen and oxygen atoms in total. The summed E-state index contributed by atoms with van der Waals surface area (Å²) in [5.41, 5.74) is -1.02. The number of aromatic nitrogens is 1. The molecule has 6 rings (SSSR count). The fourth-order valence-corrected chi connectivity index (χ4v) is 5.92. The van der Waals surface area contributed by atoms with Crippen molar-refractivity contribution >= 4 is 23.8 Å². The van der Waals surface area contributed by atoms with Crippen LogP contribution in [0.4, 0.5) is 4.79 Å². The average Bonchev–Trinajstić information content (AvgIpc) is 3.11. The topological polar surface area (TPSA) is 184 Å². The lowest BCUT2D eigenvalue weighted by Crippen LogP contribution is -2.63. The van der Waals surface area contributed by atoms with Crippen LogP contribution in [0.2, 0.25) is 0 Å². The van der Waals surface area contributed by atoms with E-state index in [9.17, 15) is 24.0 Å². The van der Waals surface area contributed by atoms with Crippen molar-refractivity contribution in [2.45, 2.75) is 44.2 Å². The van der Waals surface area contributed by atoms with Crippen molar-refractivity contribution in [2.75, 3.05) is 6.54 Å². The number of nitriles is 1. The third-order valence-corrected chi connectivity index (χ3v) is 8.45. The van der Waals surface area contributed by atoms with Gasteiger partial charge in [-0.3, -0.25) is 14.6 Å². The zero-order valence-corrected chi connectivity index (χ0v) is 26.1. The normalized spacial score (nSPS) is 20.7. The van der Waals surface area contributed by atoms with E-state index in [2.05, 4.69) is 10.3 Å². The van der Waals surface area contributed by atoms with Crippen LogP contribution in [0.3, 0.4) is 0 Å². The van der Waals surface area contributed by atoms with Crippen LogP contribution in [0, 0.1) is 17.2 Å². The van der Waals surface area contributed by atoms with Gasteiger partial charge in [-0.15, -0.1) is 0 Å². The van der Waals surface area contributed by atoms with Crippen LogP contribution in [-0.4, -0.2) is 53.2 Å². The average molecular weight is 664 g/mol. The molecule has 248 valence electrons. The summed E-state index contributed by atoms with van der Waals surface area (Å²) >= 11 is 0. The third-order valence-electron chi connectivity index (χ3n) is 8.45. The van der Waals surface area contributed by atoms with Crippen LogP contribution < -0.4 is 15.7 Å². The summed E-state index contributed by atoms with van der Waals surface area (Å²) in [6, 6.07) is 21.5. The van der Waals surface area contributed by atoms with E-state index in [0.717, 1.165) is 5.56 Å². The standard InChI is InChI=1S/C36H29N3O10/c1-36-26(32(41)31-28(49-36)16-27(47-34(31)43)24-8-5-13-38-18-24)14-25(15-29(36)48-33(42)23-11-9-21(17-37)10-12-23)46-30(40)19-39-35(44)45-20-22-6-3-2-4-7-22/h2-13,16,18,25-26,29H,14-15,19-20H2,1H3,(H,39,44)/t25-,26?,29-,36-/m1/s1. The largest absolute Gasteiger partial charge is 0.482 e. The number of fused-ring (bicyclic) bond motifs is 2. The van der Waals surface area contributed by atoms with Crippen molar-refractivity contribution < 1.29 is 42.5 Å². The van der Waals surface area contributed by atoms with Gasteiger partial charge in [-0.25, -0.2) is 14.4 Å². The monoisotopic (exact) mass is 663 g/mol. The molecule has 1 aliphatic heterocycles. The summed E-state index contributed by atoms with van der Waals surface area (Å²) in [6.45, 7) is 1.06. The number of benzene rings is 2. The Morgan fingerprint density at radius 1 is 1.02 bits per heavy atom. The number of alkyl carbamates (subject to hydrolysis) is 1. The fourth-order valence-electron chi connectivity index (χ4n) is 5.92. The van der Waals surface area contributed by atoms with E-state index < -0.39 is 59.7 Å². The molecule has 1 unspecified atom stereocenters. The van der Waals surface area contributed by atoms with Crippen LogP contribution in [-0.2, 0) is 25.6 Å². The van der Waals surface area contributed by atoms with Gasteiger partial charge in [-0.05, 0) is 55.3 Å². The summed E-state index contributed by atoms with van der Waals surface area (Å²) in [5.74, 6) is -3.25. The van der Waals surface area contributed by atoms with Gasteiger partial charge >= 0.3 is 23.7 Å². The highest BCUT2D eigenvalue weighted by Gasteiger charge is 2.58. The van der Waals surface area contributed by atoms with Crippen LogP contribution in [0.15, 0.2) is 94.4 Å². The van der Waals surface area contributed by atoms with E-state index in [0.29, 0.717) is 11.1 Å². The Morgan fingerprint density at radius 3 is 2.51 bits per heavy atom. The van der Waals surface area contributed by atoms with Crippen LogP contribution in [0.1, 0.15) is 51.6 Å². The van der Waals surface area contributed by atoms with Crippen molar-refractivity contribution in [3.8, 4) is 23.1 Å². The number of ketones is 1. The summed E-state index contributed by atoms with van der Waals surface area (Å²) in [6.07, 6.45) is -0.0657. The molecule has 1 amide bonds.